The maximum Gasteiger partial charge on any atom is 0.401 e. The zero-order valence-corrected chi connectivity index (χ0v) is 13.0. The van der Waals surface area contributed by atoms with E-state index in [1.165, 1.54) is 0 Å². The fourth-order valence-corrected chi connectivity index (χ4v) is 2.54. The van der Waals surface area contributed by atoms with Gasteiger partial charge in [0.15, 0.2) is 0 Å². The Bertz CT molecular complexity index is 364. The quantitative estimate of drug-likeness (QED) is 0.835. The number of piperidine rings is 1. The number of hydrogen-bond acceptors (Lipinski definition) is 3. The second-order valence-corrected chi connectivity index (χ2v) is 6.89. The lowest BCUT2D eigenvalue weighted by Gasteiger charge is -2.41. The number of carbonyl (C=O) groups is 1. The predicted octanol–water partition coefficient (Wildman–Crippen LogP) is 1.78. The summed E-state index contributed by atoms with van der Waals surface area (Å²) >= 11 is 0. The molecule has 0 spiro atoms. The summed E-state index contributed by atoms with van der Waals surface area (Å²) in [6, 6.07) is -0.453. The van der Waals surface area contributed by atoms with Gasteiger partial charge in [0.25, 0.3) is 0 Å². The number of rotatable bonds is 3. The summed E-state index contributed by atoms with van der Waals surface area (Å²) in [5.41, 5.74) is -0.588. The van der Waals surface area contributed by atoms with Crippen molar-refractivity contribution < 1.29 is 23.1 Å². The molecular weight excluding hydrogens is 285 g/mol. The molecule has 1 saturated heterocycles. The highest BCUT2D eigenvalue weighted by Gasteiger charge is 2.37. The zero-order valence-electron chi connectivity index (χ0n) is 13.0. The van der Waals surface area contributed by atoms with Crippen LogP contribution >= 0.6 is 0 Å². The van der Waals surface area contributed by atoms with Gasteiger partial charge in [-0.25, -0.2) is 0 Å². The number of nitrogens with zero attached hydrogens (tertiary/aromatic N) is 1. The highest BCUT2D eigenvalue weighted by molar-refractivity contribution is 5.81. The molecule has 0 aromatic carbocycles. The Morgan fingerprint density at radius 2 is 1.90 bits per heavy atom. The third-order valence-electron chi connectivity index (χ3n) is 3.69. The van der Waals surface area contributed by atoms with Crippen molar-refractivity contribution in [1.82, 2.24) is 10.2 Å². The summed E-state index contributed by atoms with van der Waals surface area (Å²) in [7, 11) is 0. The van der Waals surface area contributed by atoms with Crippen LogP contribution in [0.25, 0.3) is 0 Å². The van der Waals surface area contributed by atoms with Crippen LogP contribution in [0.1, 0.15) is 34.1 Å². The number of amides is 1. The third-order valence-corrected chi connectivity index (χ3v) is 3.69. The van der Waals surface area contributed by atoms with Gasteiger partial charge in [0.05, 0.1) is 12.6 Å². The first-order valence-electron chi connectivity index (χ1n) is 7.17. The molecule has 124 valence electrons. The molecule has 1 aliphatic heterocycles. The number of carbonyl (C=O) groups excluding carboxylic acids is 1. The topological polar surface area (TPSA) is 52.6 Å². The second kappa shape index (κ2) is 6.52. The summed E-state index contributed by atoms with van der Waals surface area (Å²) in [6.45, 7) is 6.49. The van der Waals surface area contributed by atoms with Crippen LogP contribution in [0.3, 0.4) is 0 Å². The molecule has 21 heavy (non-hydrogen) atoms. The highest BCUT2D eigenvalue weighted by Crippen LogP contribution is 2.26. The Morgan fingerprint density at radius 3 is 2.33 bits per heavy atom. The fourth-order valence-electron chi connectivity index (χ4n) is 2.54. The first-order valence-corrected chi connectivity index (χ1v) is 7.17. The van der Waals surface area contributed by atoms with Crippen LogP contribution < -0.4 is 5.32 Å². The van der Waals surface area contributed by atoms with Gasteiger partial charge in [0, 0.05) is 30.5 Å². The van der Waals surface area contributed by atoms with Crippen LogP contribution in [0.5, 0.6) is 0 Å². The first-order chi connectivity index (χ1) is 9.40. The maximum absolute atomic E-state index is 12.3. The Balaban J connectivity index is 2.75. The van der Waals surface area contributed by atoms with Crippen molar-refractivity contribution in [2.24, 2.45) is 11.3 Å². The summed E-state index contributed by atoms with van der Waals surface area (Å²) in [4.78, 5) is 13.9. The maximum atomic E-state index is 12.3. The van der Waals surface area contributed by atoms with Crippen LogP contribution in [-0.4, -0.2) is 53.9 Å². The molecule has 0 saturated carbocycles. The SMILES string of the molecule is CC(O)C1CC(NCC(F)(F)F)CN(C(=O)C(C)(C)C)C1. The zero-order chi connectivity index (χ0) is 16.4. The lowest BCUT2D eigenvalue weighted by atomic mass is 9.87. The molecule has 1 fully saturated rings. The first kappa shape index (κ1) is 18.2. The molecule has 0 aromatic rings. The van der Waals surface area contributed by atoms with E-state index in [4.69, 9.17) is 0 Å². The number of aliphatic hydroxyl groups excluding tert-OH is 1. The predicted molar refractivity (Wildman–Crippen MR) is 73.7 cm³/mol. The van der Waals surface area contributed by atoms with E-state index in [-0.39, 0.29) is 18.4 Å². The molecule has 0 aromatic heterocycles. The van der Waals surface area contributed by atoms with Crippen molar-refractivity contribution in [3.05, 3.63) is 0 Å². The molecule has 0 aliphatic carbocycles. The van der Waals surface area contributed by atoms with Gasteiger partial charge >= 0.3 is 6.18 Å². The number of likely N-dealkylation sites (tertiary alicyclic amines) is 1. The smallest absolute Gasteiger partial charge is 0.393 e. The van der Waals surface area contributed by atoms with E-state index in [9.17, 15) is 23.1 Å². The molecule has 1 aliphatic rings. The second-order valence-electron chi connectivity index (χ2n) is 6.89. The van der Waals surface area contributed by atoms with Gasteiger partial charge in [-0.2, -0.15) is 13.2 Å². The number of aliphatic hydroxyl groups is 1. The lowest BCUT2D eigenvalue weighted by Crippen LogP contribution is -2.56. The van der Waals surface area contributed by atoms with Crippen LogP contribution in [0.15, 0.2) is 0 Å². The van der Waals surface area contributed by atoms with E-state index in [0.717, 1.165) is 0 Å². The number of nitrogens with one attached hydrogen (secondary N) is 1. The molecule has 1 rings (SSSR count). The van der Waals surface area contributed by atoms with Crippen LogP contribution in [0.4, 0.5) is 13.2 Å². The minimum atomic E-state index is -4.28. The molecule has 3 unspecified atom stereocenters. The van der Waals surface area contributed by atoms with Crippen molar-refractivity contribution in [3.8, 4) is 0 Å². The van der Waals surface area contributed by atoms with Gasteiger partial charge in [0.1, 0.15) is 0 Å². The molecule has 3 atom stereocenters. The molecule has 2 N–H and O–H groups in total. The fraction of sp³-hybridized carbons (Fsp3) is 0.929. The van der Waals surface area contributed by atoms with Crippen LogP contribution in [0.2, 0.25) is 0 Å². The molecule has 1 amide bonds. The van der Waals surface area contributed by atoms with Crippen molar-refractivity contribution in [1.29, 1.82) is 0 Å². The van der Waals surface area contributed by atoms with E-state index in [0.29, 0.717) is 13.0 Å². The Morgan fingerprint density at radius 1 is 1.33 bits per heavy atom. The minimum Gasteiger partial charge on any atom is -0.393 e. The summed E-state index contributed by atoms with van der Waals surface area (Å²) in [6.07, 6.45) is -4.51. The Kier molecular flexibility index (Phi) is 5.66. The average molecular weight is 310 g/mol. The Labute approximate surface area is 123 Å². The van der Waals surface area contributed by atoms with Gasteiger partial charge in [-0.3, -0.25) is 4.79 Å². The highest BCUT2D eigenvalue weighted by atomic mass is 19.4. The molecule has 0 radical (unpaired) electrons. The number of halogens is 3. The van der Waals surface area contributed by atoms with E-state index < -0.39 is 30.3 Å². The molecular formula is C14H25F3N2O2. The monoisotopic (exact) mass is 310 g/mol. The van der Waals surface area contributed by atoms with Gasteiger partial charge < -0.3 is 15.3 Å². The van der Waals surface area contributed by atoms with Crippen LogP contribution in [-0.2, 0) is 4.79 Å². The number of alkyl halides is 3. The lowest BCUT2D eigenvalue weighted by molar-refractivity contribution is -0.144. The summed E-state index contributed by atoms with van der Waals surface area (Å²) in [5.74, 6) is -0.317. The normalized spacial score (nSPS) is 25.8. The van der Waals surface area contributed by atoms with Gasteiger partial charge in [-0.05, 0) is 13.3 Å². The summed E-state index contributed by atoms with van der Waals surface area (Å²) in [5, 5.41) is 12.2. The van der Waals surface area contributed by atoms with Gasteiger partial charge in [-0.1, -0.05) is 20.8 Å². The Hall–Kier alpha value is -0.820. The average Bonchev–Trinajstić information content (AvgIpc) is 2.33. The van der Waals surface area contributed by atoms with Crippen LogP contribution in [0, 0.1) is 11.3 Å². The van der Waals surface area contributed by atoms with E-state index in [1.54, 1.807) is 32.6 Å². The van der Waals surface area contributed by atoms with E-state index in [1.807, 2.05) is 0 Å². The number of hydrogen-bond donors (Lipinski definition) is 2. The van der Waals surface area contributed by atoms with Gasteiger partial charge in [-0.15, -0.1) is 0 Å². The largest absolute Gasteiger partial charge is 0.401 e. The molecule has 1 heterocycles. The third kappa shape index (κ3) is 5.82. The molecule has 4 nitrogen and oxygen atoms in total. The molecule has 0 bridgehead atoms. The summed E-state index contributed by atoms with van der Waals surface area (Å²) < 4.78 is 37.0. The minimum absolute atomic E-state index is 0.105. The van der Waals surface area contributed by atoms with Crippen molar-refractivity contribution in [2.75, 3.05) is 19.6 Å². The standard InChI is InChI=1S/C14H25F3N2O2/c1-9(20)10-5-11(18-8-14(15,16)17)7-19(6-10)12(21)13(2,3)4/h9-11,18,20H,5-8H2,1-4H3. The molecule has 7 heteroatoms. The van der Waals surface area contributed by atoms with Gasteiger partial charge in [0.2, 0.25) is 5.91 Å². The van der Waals surface area contributed by atoms with E-state index >= 15 is 0 Å². The van der Waals surface area contributed by atoms with Crippen molar-refractivity contribution in [2.45, 2.75) is 52.4 Å². The van der Waals surface area contributed by atoms with Crippen molar-refractivity contribution in [3.63, 3.8) is 0 Å². The van der Waals surface area contributed by atoms with E-state index in [2.05, 4.69) is 5.32 Å². The van der Waals surface area contributed by atoms with Crippen molar-refractivity contribution >= 4 is 5.91 Å².